The molecule has 1 aliphatic heterocycles. The monoisotopic (exact) mass is 408 g/mol. The number of hydrogen-bond donors (Lipinski definition) is 3. The lowest BCUT2D eigenvalue weighted by Gasteiger charge is -2.43. The fourth-order valence-corrected chi connectivity index (χ4v) is 4.20. The maximum absolute atomic E-state index is 13.2. The topological polar surface area (TPSA) is 103 Å². The van der Waals surface area contributed by atoms with Crippen LogP contribution in [0.25, 0.3) is 10.9 Å². The fraction of sp³-hybridized carbons (Fsp3) is 0.304. The van der Waals surface area contributed by atoms with E-state index in [9.17, 15) is 19.8 Å². The smallest absolute Gasteiger partial charge is 0.314 e. The van der Waals surface area contributed by atoms with E-state index < -0.39 is 17.5 Å². The number of aliphatic hydroxyl groups is 1. The van der Waals surface area contributed by atoms with E-state index in [4.69, 9.17) is 4.74 Å². The number of methoxy groups -OCH3 is 1. The third-order valence-electron chi connectivity index (χ3n) is 5.92. The summed E-state index contributed by atoms with van der Waals surface area (Å²) in [6.45, 7) is 0.235. The molecular weight excluding hydrogens is 384 g/mol. The number of carbonyl (C=O) groups is 2. The molecule has 0 radical (unpaired) electrons. The summed E-state index contributed by atoms with van der Waals surface area (Å²) in [5.74, 6) is -0.692. The van der Waals surface area contributed by atoms with E-state index in [2.05, 4.69) is 4.98 Å². The molecule has 1 fully saturated rings. The number of fused-ring (bicyclic) bond motifs is 1. The van der Waals surface area contributed by atoms with Crippen LogP contribution in [0.4, 0.5) is 0 Å². The summed E-state index contributed by atoms with van der Waals surface area (Å²) >= 11 is 0. The lowest BCUT2D eigenvalue weighted by atomic mass is 9.72. The van der Waals surface area contributed by atoms with Gasteiger partial charge in [-0.05, 0) is 42.7 Å². The van der Waals surface area contributed by atoms with Gasteiger partial charge in [-0.15, -0.1) is 0 Å². The highest BCUT2D eigenvalue weighted by Gasteiger charge is 2.50. The molecule has 0 saturated carbocycles. The summed E-state index contributed by atoms with van der Waals surface area (Å²) in [5, 5.41) is 21.5. The third kappa shape index (κ3) is 3.52. The van der Waals surface area contributed by atoms with Crippen molar-refractivity contribution in [3.63, 3.8) is 0 Å². The molecule has 3 N–H and O–H groups in total. The Bertz CT molecular complexity index is 1080. The lowest BCUT2D eigenvalue weighted by molar-refractivity contribution is -0.161. The van der Waals surface area contributed by atoms with Crippen molar-refractivity contribution in [1.29, 1.82) is 0 Å². The van der Waals surface area contributed by atoms with Gasteiger partial charge in [-0.25, -0.2) is 0 Å². The van der Waals surface area contributed by atoms with Crippen molar-refractivity contribution in [2.24, 2.45) is 5.41 Å². The molecule has 0 spiro atoms. The molecule has 7 heteroatoms. The van der Waals surface area contributed by atoms with Crippen molar-refractivity contribution in [2.75, 3.05) is 20.2 Å². The van der Waals surface area contributed by atoms with Crippen LogP contribution >= 0.6 is 0 Å². The Morgan fingerprint density at radius 2 is 1.97 bits per heavy atom. The number of nitrogens with one attached hydrogen (secondary N) is 1. The molecule has 0 aliphatic carbocycles. The standard InChI is InChI=1S/C23H24N2O5/c1-30-17-7-8-18-16(11-17)12-19(24-18)21(27)25-10-9-20(26)23(14-25,22(28)29)13-15-5-3-2-4-6-15/h2-8,11-12,20,24,26H,9-10,13-14H2,1H3,(H,28,29)/t20-,23+/m0/s1. The molecule has 1 aliphatic rings. The molecule has 2 heterocycles. The zero-order chi connectivity index (χ0) is 21.3. The fourth-order valence-electron chi connectivity index (χ4n) is 4.20. The minimum Gasteiger partial charge on any atom is -0.497 e. The number of H-pyrrole nitrogens is 1. The van der Waals surface area contributed by atoms with Crippen LogP contribution in [-0.4, -0.2) is 58.3 Å². The zero-order valence-electron chi connectivity index (χ0n) is 16.7. The van der Waals surface area contributed by atoms with Crippen LogP contribution in [0.1, 0.15) is 22.5 Å². The number of rotatable bonds is 5. The highest BCUT2D eigenvalue weighted by atomic mass is 16.5. The number of carboxylic acids is 1. The summed E-state index contributed by atoms with van der Waals surface area (Å²) in [6.07, 6.45) is -0.678. The van der Waals surface area contributed by atoms with E-state index in [-0.39, 0.29) is 25.3 Å². The molecule has 156 valence electrons. The average molecular weight is 408 g/mol. The second-order valence-electron chi connectivity index (χ2n) is 7.79. The first-order valence-corrected chi connectivity index (χ1v) is 9.84. The van der Waals surface area contributed by atoms with Gasteiger partial charge < -0.3 is 24.8 Å². The number of aliphatic hydroxyl groups excluding tert-OH is 1. The number of aromatic nitrogens is 1. The van der Waals surface area contributed by atoms with Crippen molar-refractivity contribution in [2.45, 2.75) is 18.9 Å². The number of amides is 1. The van der Waals surface area contributed by atoms with Gasteiger partial charge in [0.1, 0.15) is 16.9 Å². The number of aromatic amines is 1. The molecule has 1 amide bonds. The number of carboxylic acid groups (broad SMARTS) is 1. The predicted octanol–water partition coefficient (Wildman–Crippen LogP) is 2.70. The number of hydrogen-bond acceptors (Lipinski definition) is 4. The van der Waals surface area contributed by atoms with Crippen LogP contribution in [0.5, 0.6) is 5.75 Å². The normalized spacial score (nSPS) is 21.5. The van der Waals surface area contributed by atoms with Gasteiger partial charge in [0, 0.05) is 24.0 Å². The molecule has 2 atom stereocenters. The lowest BCUT2D eigenvalue weighted by Crippen LogP contribution is -2.58. The molecule has 30 heavy (non-hydrogen) atoms. The number of likely N-dealkylation sites (tertiary alicyclic amines) is 1. The van der Waals surface area contributed by atoms with Gasteiger partial charge in [0.15, 0.2) is 0 Å². The molecule has 2 aromatic carbocycles. The molecule has 0 bridgehead atoms. The van der Waals surface area contributed by atoms with Crippen molar-refractivity contribution >= 4 is 22.8 Å². The highest BCUT2D eigenvalue weighted by molar-refractivity contribution is 5.98. The quantitative estimate of drug-likeness (QED) is 0.602. The largest absolute Gasteiger partial charge is 0.497 e. The molecular formula is C23H24N2O5. The number of benzene rings is 2. The van der Waals surface area contributed by atoms with Crippen molar-refractivity contribution in [3.8, 4) is 5.75 Å². The summed E-state index contributed by atoms with van der Waals surface area (Å²) in [5.41, 5.74) is 0.536. The summed E-state index contributed by atoms with van der Waals surface area (Å²) in [4.78, 5) is 30.1. The summed E-state index contributed by atoms with van der Waals surface area (Å²) in [7, 11) is 1.58. The number of aliphatic carboxylic acids is 1. The zero-order valence-corrected chi connectivity index (χ0v) is 16.7. The van der Waals surface area contributed by atoms with Gasteiger partial charge in [-0.1, -0.05) is 30.3 Å². The summed E-state index contributed by atoms with van der Waals surface area (Å²) < 4.78 is 5.23. The Kier molecular flexibility index (Phi) is 5.22. The second kappa shape index (κ2) is 7.84. The van der Waals surface area contributed by atoms with Crippen molar-refractivity contribution in [3.05, 3.63) is 65.9 Å². The maximum atomic E-state index is 13.2. The van der Waals surface area contributed by atoms with E-state index in [1.165, 1.54) is 4.90 Å². The summed E-state index contributed by atoms with van der Waals surface area (Å²) in [6, 6.07) is 16.4. The van der Waals surface area contributed by atoms with E-state index >= 15 is 0 Å². The van der Waals surface area contributed by atoms with Crippen LogP contribution in [0.2, 0.25) is 0 Å². The van der Waals surface area contributed by atoms with E-state index in [0.29, 0.717) is 18.0 Å². The molecule has 7 nitrogen and oxygen atoms in total. The van der Waals surface area contributed by atoms with Gasteiger partial charge in [0.25, 0.3) is 5.91 Å². The number of ether oxygens (including phenoxy) is 1. The van der Waals surface area contributed by atoms with Gasteiger partial charge in [-0.3, -0.25) is 9.59 Å². The number of carbonyl (C=O) groups excluding carboxylic acids is 1. The van der Waals surface area contributed by atoms with Crippen molar-refractivity contribution in [1.82, 2.24) is 9.88 Å². The predicted molar refractivity (Wildman–Crippen MR) is 112 cm³/mol. The van der Waals surface area contributed by atoms with Crippen LogP contribution in [0.3, 0.4) is 0 Å². The molecule has 0 unspecified atom stereocenters. The van der Waals surface area contributed by atoms with E-state index in [1.54, 1.807) is 19.2 Å². The molecule has 3 aromatic rings. The van der Waals surface area contributed by atoms with Gasteiger partial charge in [-0.2, -0.15) is 0 Å². The molecule has 4 rings (SSSR count). The Morgan fingerprint density at radius 3 is 2.67 bits per heavy atom. The van der Waals surface area contributed by atoms with E-state index in [0.717, 1.165) is 16.5 Å². The first kappa shape index (κ1) is 20.0. The highest BCUT2D eigenvalue weighted by Crippen LogP contribution is 2.35. The van der Waals surface area contributed by atoms with Crippen LogP contribution in [0.15, 0.2) is 54.6 Å². The molecule has 1 aromatic heterocycles. The first-order chi connectivity index (χ1) is 14.4. The SMILES string of the molecule is COc1ccc2[nH]c(C(=O)N3CC[C@H](O)[C@](Cc4ccccc4)(C(=O)O)C3)cc2c1. The van der Waals surface area contributed by atoms with Crippen LogP contribution in [0, 0.1) is 5.41 Å². The van der Waals surface area contributed by atoms with Crippen molar-refractivity contribution < 1.29 is 24.5 Å². The Hall–Kier alpha value is -3.32. The van der Waals surface area contributed by atoms with Crippen LogP contribution < -0.4 is 4.74 Å². The maximum Gasteiger partial charge on any atom is 0.314 e. The van der Waals surface area contributed by atoms with Crippen LogP contribution in [-0.2, 0) is 11.2 Å². The first-order valence-electron chi connectivity index (χ1n) is 9.84. The Morgan fingerprint density at radius 1 is 1.20 bits per heavy atom. The average Bonchev–Trinajstić information content (AvgIpc) is 3.18. The van der Waals surface area contributed by atoms with Gasteiger partial charge in [0.2, 0.25) is 0 Å². The second-order valence-corrected chi connectivity index (χ2v) is 7.79. The number of nitrogens with zero attached hydrogens (tertiary/aromatic N) is 1. The van der Waals surface area contributed by atoms with E-state index in [1.807, 2.05) is 42.5 Å². The Labute approximate surface area is 173 Å². The molecule has 1 saturated heterocycles. The third-order valence-corrected chi connectivity index (χ3v) is 5.92. The number of piperidine rings is 1. The minimum atomic E-state index is -1.45. The van der Waals surface area contributed by atoms with Gasteiger partial charge in [0.05, 0.1) is 13.2 Å². The van der Waals surface area contributed by atoms with Gasteiger partial charge >= 0.3 is 5.97 Å². The Balaban J connectivity index is 1.63. The minimum absolute atomic E-state index is 0.0596.